The van der Waals surface area contributed by atoms with Gasteiger partial charge >= 0.3 is 0 Å². The van der Waals surface area contributed by atoms with Crippen molar-refractivity contribution in [2.24, 2.45) is 23.2 Å². The Morgan fingerprint density at radius 2 is 2.00 bits per heavy atom. The van der Waals surface area contributed by atoms with Crippen LogP contribution in [0.15, 0.2) is 35.5 Å². The summed E-state index contributed by atoms with van der Waals surface area (Å²) in [6, 6.07) is 0. The summed E-state index contributed by atoms with van der Waals surface area (Å²) < 4.78 is 11.2. The van der Waals surface area contributed by atoms with Crippen LogP contribution in [0.4, 0.5) is 0 Å². The molecule has 0 saturated heterocycles. The molecule has 0 spiro atoms. The second-order valence-electron chi connectivity index (χ2n) is 11.8. The van der Waals surface area contributed by atoms with Gasteiger partial charge < -0.3 is 14.6 Å². The van der Waals surface area contributed by atoms with Crippen molar-refractivity contribution in [3.05, 3.63) is 35.5 Å². The van der Waals surface area contributed by atoms with E-state index in [4.69, 9.17) is 9.47 Å². The molecule has 0 aromatic carbocycles. The number of hydrogen-bond acceptors (Lipinski definition) is 3. The van der Waals surface area contributed by atoms with Crippen LogP contribution in [0.5, 0.6) is 0 Å². The molecule has 188 valence electrons. The van der Waals surface area contributed by atoms with Gasteiger partial charge in [0.1, 0.15) is 0 Å². The maximum absolute atomic E-state index is 10.1. The van der Waals surface area contributed by atoms with Crippen molar-refractivity contribution in [1.82, 2.24) is 0 Å². The first-order valence-corrected chi connectivity index (χ1v) is 14.1. The molecule has 0 bridgehead atoms. The number of fused-ring (bicyclic) bond motifs is 1. The first kappa shape index (κ1) is 27.2. The lowest BCUT2D eigenvalue weighted by molar-refractivity contribution is -0.0967. The Balaban J connectivity index is 1.67. The summed E-state index contributed by atoms with van der Waals surface area (Å²) in [4.78, 5) is 0. The van der Waals surface area contributed by atoms with Gasteiger partial charge in [0.2, 0.25) is 5.20 Å². The van der Waals surface area contributed by atoms with Crippen molar-refractivity contribution in [3.8, 4) is 0 Å². The van der Waals surface area contributed by atoms with Gasteiger partial charge in [-0.1, -0.05) is 56.6 Å². The molecule has 0 amide bonds. The molecule has 6 unspecified atom stereocenters. The van der Waals surface area contributed by atoms with Gasteiger partial charge in [-0.15, -0.1) is 0 Å². The number of halogens is 1. The maximum atomic E-state index is 10.1. The topological polar surface area (TPSA) is 38.7 Å². The Hall–Kier alpha value is -0.420. The second kappa shape index (κ2) is 11.5. The van der Waals surface area contributed by atoms with Gasteiger partial charge in [-0.25, -0.2) is 0 Å². The first-order chi connectivity index (χ1) is 15.5. The monoisotopic (exact) mass is 522 g/mol. The van der Waals surface area contributed by atoms with Gasteiger partial charge in [-0.2, -0.15) is 0 Å². The Morgan fingerprint density at radius 1 is 1.24 bits per heavy atom. The van der Waals surface area contributed by atoms with Crippen molar-refractivity contribution in [2.45, 2.75) is 115 Å². The van der Waals surface area contributed by atoms with E-state index in [2.05, 4.69) is 48.5 Å². The molecule has 0 aromatic rings. The summed E-state index contributed by atoms with van der Waals surface area (Å²) in [5.41, 5.74) is 4.15. The molecule has 4 heteroatoms. The van der Waals surface area contributed by atoms with Crippen molar-refractivity contribution < 1.29 is 14.6 Å². The highest BCUT2D eigenvalue weighted by atomic mass is 79.9. The quantitative estimate of drug-likeness (QED) is 0.245. The number of methoxy groups -OCH3 is 1. The minimum Gasteiger partial charge on any atom is -0.390 e. The van der Waals surface area contributed by atoms with E-state index in [-0.39, 0.29) is 11.3 Å². The molecule has 3 fully saturated rings. The molecular weight excluding hydrogens is 476 g/mol. The second-order valence-corrected chi connectivity index (χ2v) is 12.6. The molecule has 1 N–H and O–H groups in total. The average Bonchev–Trinajstić information content (AvgIpc) is 3.10. The lowest BCUT2D eigenvalue weighted by Crippen LogP contribution is -2.36. The standard InChI is InChI=1S/C29H47BrO3/c1-20-11-14-24(33-27(30)32-6)19-23(20)13-12-22-10-8-18-29(5)25(15-16-26(22)29)21(2)9-7-17-28(3,4)31/h12-13,21,24-27,31H,1,7-11,14-19H2,2-6H3. The molecule has 0 heterocycles. The predicted octanol–water partition coefficient (Wildman–Crippen LogP) is 8.08. The fourth-order valence-corrected chi connectivity index (χ4v) is 7.28. The molecular formula is C29H47BrO3. The summed E-state index contributed by atoms with van der Waals surface area (Å²) >= 11 is 3.42. The molecule has 3 aliphatic carbocycles. The zero-order valence-electron chi connectivity index (χ0n) is 21.7. The molecule has 0 radical (unpaired) electrons. The molecule has 3 aliphatic rings. The minimum atomic E-state index is -0.539. The smallest absolute Gasteiger partial charge is 0.215 e. The summed E-state index contributed by atoms with van der Waals surface area (Å²) in [6.07, 6.45) is 17.8. The van der Waals surface area contributed by atoms with Crippen LogP contribution in [-0.2, 0) is 9.47 Å². The van der Waals surface area contributed by atoms with E-state index >= 15 is 0 Å². The van der Waals surface area contributed by atoms with E-state index in [0.29, 0.717) is 11.3 Å². The fourth-order valence-electron chi connectivity index (χ4n) is 6.98. The number of allylic oxidation sites excluding steroid dienone is 4. The molecule has 0 aromatic heterocycles. The van der Waals surface area contributed by atoms with Gasteiger partial charge in [0.25, 0.3) is 0 Å². The van der Waals surface area contributed by atoms with Crippen LogP contribution < -0.4 is 0 Å². The van der Waals surface area contributed by atoms with E-state index in [1.54, 1.807) is 12.7 Å². The number of rotatable bonds is 9. The Labute approximate surface area is 211 Å². The van der Waals surface area contributed by atoms with Crippen LogP contribution in [0.3, 0.4) is 0 Å². The summed E-state index contributed by atoms with van der Waals surface area (Å²) in [7, 11) is 1.66. The highest BCUT2D eigenvalue weighted by molar-refractivity contribution is 9.09. The third-order valence-corrected chi connectivity index (χ3v) is 9.42. The zero-order valence-corrected chi connectivity index (χ0v) is 23.3. The van der Waals surface area contributed by atoms with Gasteiger partial charge in [0.15, 0.2) is 0 Å². The summed E-state index contributed by atoms with van der Waals surface area (Å²) in [6.45, 7) is 13.2. The molecule has 6 atom stereocenters. The van der Waals surface area contributed by atoms with Gasteiger partial charge in [0, 0.05) is 7.11 Å². The molecule has 3 saturated carbocycles. The van der Waals surface area contributed by atoms with E-state index in [1.165, 1.54) is 49.7 Å². The Morgan fingerprint density at radius 3 is 2.70 bits per heavy atom. The number of aliphatic hydroxyl groups is 1. The molecule has 0 aliphatic heterocycles. The van der Waals surface area contributed by atoms with Gasteiger partial charge in [0.05, 0.1) is 11.7 Å². The summed E-state index contributed by atoms with van der Waals surface area (Å²) in [5, 5.41) is 9.75. The lowest BCUT2D eigenvalue weighted by Gasteiger charge is -2.44. The summed E-state index contributed by atoms with van der Waals surface area (Å²) in [5.74, 6) is 2.25. The van der Waals surface area contributed by atoms with Crippen LogP contribution >= 0.6 is 15.9 Å². The van der Waals surface area contributed by atoms with E-state index in [0.717, 1.165) is 43.9 Å². The van der Waals surface area contributed by atoms with E-state index in [1.807, 2.05) is 13.8 Å². The fraction of sp³-hybridized carbons (Fsp3) is 0.793. The van der Waals surface area contributed by atoms with Crippen LogP contribution in [0.25, 0.3) is 0 Å². The normalized spacial score (nSPS) is 35.1. The highest BCUT2D eigenvalue weighted by Gasteiger charge is 2.50. The highest BCUT2D eigenvalue weighted by Crippen LogP contribution is 2.60. The number of hydrogen-bond donors (Lipinski definition) is 1. The number of ether oxygens (including phenoxy) is 2. The zero-order chi connectivity index (χ0) is 24.2. The van der Waals surface area contributed by atoms with Gasteiger partial charge in [-0.05, 0) is 116 Å². The number of alkyl halides is 1. The Kier molecular flexibility index (Phi) is 9.50. The molecule has 33 heavy (non-hydrogen) atoms. The van der Waals surface area contributed by atoms with Crippen LogP contribution in [-0.4, -0.2) is 29.1 Å². The maximum Gasteiger partial charge on any atom is 0.215 e. The average molecular weight is 524 g/mol. The van der Waals surface area contributed by atoms with Crippen LogP contribution in [0.2, 0.25) is 0 Å². The van der Waals surface area contributed by atoms with Crippen LogP contribution in [0.1, 0.15) is 98.3 Å². The van der Waals surface area contributed by atoms with Crippen molar-refractivity contribution >= 4 is 15.9 Å². The van der Waals surface area contributed by atoms with Crippen molar-refractivity contribution in [3.63, 3.8) is 0 Å². The lowest BCUT2D eigenvalue weighted by atomic mass is 9.60. The molecule has 3 nitrogen and oxygen atoms in total. The van der Waals surface area contributed by atoms with E-state index < -0.39 is 5.60 Å². The Bertz CT molecular complexity index is 734. The first-order valence-electron chi connectivity index (χ1n) is 13.2. The van der Waals surface area contributed by atoms with Crippen molar-refractivity contribution in [1.29, 1.82) is 0 Å². The van der Waals surface area contributed by atoms with Crippen LogP contribution in [0, 0.1) is 23.2 Å². The largest absolute Gasteiger partial charge is 0.390 e. The van der Waals surface area contributed by atoms with Gasteiger partial charge in [-0.3, -0.25) is 0 Å². The van der Waals surface area contributed by atoms with E-state index in [9.17, 15) is 5.11 Å². The molecule has 3 rings (SSSR count). The third-order valence-electron chi connectivity index (χ3n) is 8.83. The minimum absolute atomic E-state index is 0.182. The SMILES string of the molecule is C=C1CCC(OC(Br)OC)CC1=CC=C1CCCC2(C)C1CCC2C(C)CCCC(C)(C)O. The third kappa shape index (κ3) is 7.06. The van der Waals surface area contributed by atoms with Crippen molar-refractivity contribution in [2.75, 3.05) is 7.11 Å². The predicted molar refractivity (Wildman–Crippen MR) is 141 cm³/mol.